The molecule has 10 nitrogen and oxygen atoms in total. The number of aromatic nitrogens is 4. The Bertz CT molecular complexity index is 1530. The molecule has 0 amide bonds. The molecule has 1 saturated heterocycles. The maximum absolute atomic E-state index is 13.1. The molecule has 2 N–H and O–H groups in total. The van der Waals surface area contributed by atoms with Gasteiger partial charge in [-0.3, -0.25) is 18.5 Å². The maximum Gasteiger partial charge on any atom is 0.490 e. The SMILES string of the molecule is Cn1c(=O)c2c(nc(N3CCNCC3)n2-c2csc3ccccc23)n(C)c1=O.O=C(O)C(F)(F)F. The van der Waals surface area contributed by atoms with E-state index in [1.165, 1.54) is 11.6 Å². The van der Waals surface area contributed by atoms with Crippen LogP contribution in [0.2, 0.25) is 0 Å². The van der Waals surface area contributed by atoms with E-state index >= 15 is 0 Å². The number of imidazole rings is 1. The minimum Gasteiger partial charge on any atom is -0.475 e. The predicted molar refractivity (Wildman–Crippen MR) is 126 cm³/mol. The van der Waals surface area contributed by atoms with Crippen molar-refractivity contribution in [3.63, 3.8) is 0 Å². The third-order valence-electron chi connectivity index (χ3n) is 5.58. The topological polar surface area (TPSA) is 114 Å². The van der Waals surface area contributed by atoms with Gasteiger partial charge in [0.1, 0.15) is 0 Å². The average molecular weight is 510 g/mol. The third-order valence-corrected chi connectivity index (χ3v) is 6.53. The van der Waals surface area contributed by atoms with Crippen LogP contribution in [0.1, 0.15) is 0 Å². The standard InChI is InChI=1S/C19H20N6O2S.C2HF3O2/c1-22-16-15(17(26)23(2)19(22)27)25(18(21-16)24-9-7-20-8-10-24)13-11-28-14-6-4-3-5-12(13)14;3-2(4,5)1(6)7/h3-6,11,20H,7-10H2,1-2H3;(H,6,7). The Kier molecular flexibility index (Phi) is 6.42. The number of alkyl halides is 3. The lowest BCUT2D eigenvalue weighted by Crippen LogP contribution is -2.44. The van der Waals surface area contributed by atoms with Gasteiger partial charge in [-0.25, -0.2) is 9.59 Å². The van der Waals surface area contributed by atoms with Gasteiger partial charge in [0.25, 0.3) is 5.56 Å². The molecule has 186 valence electrons. The molecular weight excluding hydrogens is 489 g/mol. The van der Waals surface area contributed by atoms with Crippen LogP contribution >= 0.6 is 11.3 Å². The van der Waals surface area contributed by atoms with Gasteiger partial charge >= 0.3 is 17.8 Å². The molecule has 1 aliphatic heterocycles. The third kappa shape index (κ3) is 4.41. The normalized spacial score (nSPS) is 14.3. The zero-order chi connectivity index (χ0) is 25.5. The first-order valence-corrected chi connectivity index (χ1v) is 11.3. The van der Waals surface area contributed by atoms with E-state index in [2.05, 4.69) is 27.7 Å². The number of carboxylic acid groups (broad SMARTS) is 1. The highest BCUT2D eigenvalue weighted by atomic mass is 32.1. The zero-order valence-corrected chi connectivity index (χ0v) is 19.5. The van der Waals surface area contributed by atoms with Gasteiger partial charge in [0.15, 0.2) is 11.2 Å². The van der Waals surface area contributed by atoms with Gasteiger partial charge in [-0.1, -0.05) is 18.2 Å². The lowest BCUT2D eigenvalue weighted by molar-refractivity contribution is -0.192. The monoisotopic (exact) mass is 510 g/mol. The highest BCUT2D eigenvalue weighted by Gasteiger charge is 2.38. The lowest BCUT2D eigenvalue weighted by atomic mass is 10.2. The van der Waals surface area contributed by atoms with Crippen molar-refractivity contribution >= 4 is 44.5 Å². The second-order valence-corrected chi connectivity index (χ2v) is 8.69. The van der Waals surface area contributed by atoms with E-state index in [1.807, 2.05) is 16.7 Å². The van der Waals surface area contributed by atoms with Crippen molar-refractivity contribution in [1.82, 2.24) is 24.0 Å². The maximum atomic E-state index is 13.1. The fourth-order valence-electron chi connectivity index (χ4n) is 3.83. The minimum absolute atomic E-state index is 0.331. The highest BCUT2D eigenvalue weighted by molar-refractivity contribution is 7.17. The summed E-state index contributed by atoms with van der Waals surface area (Å²) in [4.78, 5) is 41.4. The van der Waals surface area contributed by atoms with Crippen LogP contribution in [-0.2, 0) is 18.9 Å². The second kappa shape index (κ2) is 9.19. The molecule has 0 bridgehead atoms. The molecule has 3 aromatic heterocycles. The first-order chi connectivity index (χ1) is 16.5. The van der Waals surface area contributed by atoms with Crippen molar-refractivity contribution in [1.29, 1.82) is 0 Å². The molecule has 1 fully saturated rings. The Morgan fingerprint density at radius 2 is 1.74 bits per heavy atom. The molecule has 1 aromatic carbocycles. The van der Waals surface area contributed by atoms with Gasteiger partial charge in [-0.15, -0.1) is 11.3 Å². The molecule has 0 saturated carbocycles. The number of fused-ring (bicyclic) bond motifs is 2. The lowest BCUT2D eigenvalue weighted by Gasteiger charge is -2.28. The molecule has 0 unspecified atom stereocenters. The largest absolute Gasteiger partial charge is 0.490 e. The number of carbonyl (C=O) groups is 1. The fraction of sp³-hybridized carbons (Fsp3) is 0.333. The van der Waals surface area contributed by atoms with E-state index < -0.39 is 12.1 Å². The molecule has 4 aromatic rings. The van der Waals surface area contributed by atoms with Crippen LogP contribution in [0.25, 0.3) is 26.9 Å². The molecule has 0 radical (unpaired) electrons. The number of anilines is 1. The minimum atomic E-state index is -5.08. The smallest absolute Gasteiger partial charge is 0.475 e. The van der Waals surface area contributed by atoms with E-state index in [0.29, 0.717) is 17.1 Å². The van der Waals surface area contributed by atoms with Gasteiger partial charge < -0.3 is 15.3 Å². The van der Waals surface area contributed by atoms with E-state index in [-0.39, 0.29) is 11.2 Å². The van der Waals surface area contributed by atoms with Crippen LogP contribution in [0.15, 0.2) is 39.2 Å². The quantitative estimate of drug-likeness (QED) is 0.422. The van der Waals surface area contributed by atoms with Crippen LogP contribution in [-0.4, -0.2) is 62.1 Å². The summed E-state index contributed by atoms with van der Waals surface area (Å²) in [7, 11) is 3.17. The van der Waals surface area contributed by atoms with E-state index in [0.717, 1.165) is 46.5 Å². The van der Waals surface area contributed by atoms with Crippen LogP contribution < -0.4 is 21.5 Å². The number of benzene rings is 1. The summed E-state index contributed by atoms with van der Waals surface area (Å²) < 4.78 is 37.4. The Balaban J connectivity index is 0.000000364. The van der Waals surface area contributed by atoms with Crippen LogP contribution in [0, 0.1) is 0 Å². The van der Waals surface area contributed by atoms with E-state index in [4.69, 9.17) is 14.9 Å². The van der Waals surface area contributed by atoms with Crippen molar-refractivity contribution in [2.24, 2.45) is 14.1 Å². The predicted octanol–water partition coefficient (Wildman–Crippen LogP) is 1.68. The van der Waals surface area contributed by atoms with E-state index in [1.54, 1.807) is 18.4 Å². The highest BCUT2D eigenvalue weighted by Crippen LogP contribution is 2.33. The van der Waals surface area contributed by atoms with Gasteiger partial charge in [0.2, 0.25) is 5.95 Å². The van der Waals surface area contributed by atoms with Crippen LogP contribution in [0.4, 0.5) is 19.1 Å². The van der Waals surface area contributed by atoms with Crippen molar-refractivity contribution in [2.45, 2.75) is 6.18 Å². The number of aliphatic carboxylic acids is 1. The summed E-state index contributed by atoms with van der Waals surface area (Å²) in [5.41, 5.74) is 1.07. The number of hydrogen-bond acceptors (Lipinski definition) is 7. The number of carboxylic acids is 1. The van der Waals surface area contributed by atoms with Gasteiger partial charge in [-0.05, 0) is 6.07 Å². The van der Waals surface area contributed by atoms with Crippen molar-refractivity contribution in [2.75, 3.05) is 31.1 Å². The van der Waals surface area contributed by atoms with Gasteiger partial charge in [0.05, 0.1) is 5.69 Å². The number of hydrogen-bond donors (Lipinski definition) is 2. The summed E-state index contributed by atoms with van der Waals surface area (Å²) in [5, 5.41) is 13.6. The Labute approximate surface area is 199 Å². The number of halogens is 3. The molecule has 5 rings (SSSR count). The summed E-state index contributed by atoms with van der Waals surface area (Å²) in [6, 6.07) is 8.13. The van der Waals surface area contributed by atoms with Gasteiger partial charge in [-0.2, -0.15) is 18.2 Å². The summed E-state index contributed by atoms with van der Waals surface area (Å²) in [5.74, 6) is -2.05. The Morgan fingerprint density at radius 1 is 1.11 bits per heavy atom. The van der Waals surface area contributed by atoms with Crippen molar-refractivity contribution in [3.05, 3.63) is 50.5 Å². The van der Waals surface area contributed by atoms with Crippen molar-refractivity contribution in [3.8, 4) is 5.69 Å². The van der Waals surface area contributed by atoms with Crippen LogP contribution in [0.5, 0.6) is 0 Å². The number of nitrogens with one attached hydrogen (secondary N) is 1. The molecule has 0 spiro atoms. The van der Waals surface area contributed by atoms with Gasteiger partial charge in [0, 0.05) is 55.7 Å². The molecule has 0 atom stereocenters. The number of thiophene rings is 1. The number of rotatable bonds is 2. The Morgan fingerprint density at radius 3 is 2.37 bits per heavy atom. The van der Waals surface area contributed by atoms with Crippen molar-refractivity contribution < 1.29 is 23.1 Å². The number of piperazine rings is 1. The second-order valence-electron chi connectivity index (χ2n) is 7.78. The summed E-state index contributed by atoms with van der Waals surface area (Å²) >= 11 is 1.64. The molecule has 14 heteroatoms. The molecule has 4 heterocycles. The molecular formula is C21H21F3N6O4S. The molecule has 1 aliphatic rings. The zero-order valence-electron chi connectivity index (χ0n) is 18.7. The van der Waals surface area contributed by atoms with E-state index in [9.17, 15) is 22.8 Å². The Hall–Kier alpha value is -3.65. The first kappa shape index (κ1) is 24.5. The average Bonchev–Trinajstić information content (AvgIpc) is 3.43. The summed E-state index contributed by atoms with van der Waals surface area (Å²) in [6.07, 6.45) is -5.08. The van der Waals surface area contributed by atoms with Crippen LogP contribution in [0.3, 0.4) is 0 Å². The molecule has 0 aliphatic carbocycles. The number of aryl methyl sites for hydroxylation is 1. The fourth-order valence-corrected chi connectivity index (χ4v) is 4.75. The summed E-state index contributed by atoms with van der Waals surface area (Å²) in [6.45, 7) is 3.29. The first-order valence-electron chi connectivity index (χ1n) is 10.4. The molecule has 35 heavy (non-hydrogen) atoms. The number of nitrogens with zero attached hydrogens (tertiary/aromatic N) is 5.